The number of aliphatic carboxylic acids is 1. The van der Waals surface area contributed by atoms with Crippen molar-refractivity contribution < 1.29 is 9.90 Å². The van der Waals surface area contributed by atoms with Crippen LogP contribution in [0.1, 0.15) is 71.1 Å². The number of carboxylic acid groups (broad SMARTS) is 1. The van der Waals surface area contributed by atoms with Crippen LogP contribution in [0, 0.1) is 0 Å². The highest BCUT2D eigenvalue weighted by atomic mass is 16.4. The van der Waals surface area contributed by atoms with Crippen molar-refractivity contribution in [3.05, 3.63) is 36.5 Å². The van der Waals surface area contributed by atoms with Gasteiger partial charge in [-0.15, -0.1) is 0 Å². The average molecular weight is 278 g/mol. The van der Waals surface area contributed by atoms with Crippen molar-refractivity contribution in [1.29, 1.82) is 0 Å². The number of allylic oxidation sites excluding steroid dienone is 6. The van der Waals surface area contributed by atoms with E-state index in [-0.39, 0.29) is 0 Å². The van der Waals surface area contributed by atoms with Gasteiger partial charge in [0.1, 0.15) is 0 Å². The third-order valence-corrected chi connectivity index (χ3v) is 3.01. The predicted molar refractivity (Wildman–Crippen MR) is 86.9 cm³/mol. The fourth-order valence-corrected chi connectivity index (χ4v) is 1.84. The molecule has 1 N–H and O–H groups in total. The van der Waals surface area contributed by atoms with Gasteiger partial charge in [0.25, 0.3) is 0 Å². The van der Waals surface area contributed by atoms with Gasteiger partial charge in [-0.2, -0.15) is 0 Å². The Labute approximate surface area is 124 Å². The largest absolute Gasteiger partial charge is 0.481 e. The van der Waals surface area contributed by atoms with Crippen LogP contribution in [0.3, 0.4) is 0 Å². The van der Waals surface area contributed by atoms with Crippen LogP contribution in [0.25, 0.3) is 0 Å². The lowest BCUT2D eigenvalue weighted by molar-refractivity contribution is -0.137. The summed E-state index contributed by atoms with van der Waals surface area (Å²) in [6.45, 7) is 2.19. The first-order valence-electron chi connectivity index (χ1n) is 7.94. The molecule has 0 bridgehead atoms. The molecule has 114 valence electrons. The number of carboxylic acids is 1. The highest BCUT2D eigenvalue weighted by Gasteiger charge is 1.95. The van der Waals surface area contributed by atoms with E-state index in [2.05, 4.69) is 43.4 Å². The molecule has 0 amide bonds. The SMILES string of the molecule is CCC/C=C\C/C=C\C/C=C\CCCCCCC(=O)O. The number of hydrogen-bond donors (Lipinski definition) is 1. The molecule has 2 heteroatoms. The molecule has 0 rings (SSSR count). The molecule has 0 fully saturated rings. The van der Waals surface area contributed by atoms with Crippen molar-refractivity contribution in [3.63, 3.8) is 0 Å². The van der Waals surface area contributed by atoms with Crippen LogP contribution >= 0.6 is 0 Å². The second-order valence-corrected chi connectivity index (χ2v) is 5.02. The lowest BCUT2D eigenvalue weighted by atomic mass is 10.1. The van der Waals surface area contributed by atoms with Crippen LogP contribution in [-0.4, -0.2) is 11.1 Å². The molecular weight excluding hydrogens is 248 g/mol. The van der Waals surface area contributed by atoms with Gasteiger partial charge in [0.15, 0.2) is 0 Å². The van der Waals surface area contributed by atoms with Crippen LogP contribution < -0.4 is 0 Å². The molecule has 0 aliphatic heterocycles. The van der Waals surface area contributed by atoms with Crippen LogP contribution in [0.2, 0.25) is 0 Å². The smallest absolute Gasteiger partial charge is 0.303 e. The van der Waals surface area contributed by atoms with Crippen LogP contribution in [0.15, 0.2) is 36.5 Å². The predicted octanol–water partition coefficient (Wildman–Crippen LogP) is 5.66. The van der Waals surface area contributed by atoms with E-state index in [9.17, 15) is 4.79 Å². The Kier molecular flexibility index (Phi) is 14.7. The molecule has 0 aliphatic rings. The minimum Gasteiger partial charge on any atom is -0.481 e. The van der Waals surface area contributed by atoms with Gasteiger partial charge in [-0.25, -0.2) is 0 Å². The Hall–Kier alpha value is -1.31. The van der Waals surface area contributed by atoms with Gasteiger partial charge in [-0.3, -0.25) is 4.79 Å². The van der Waals surface area contributed by atoms with Gasteiger partial charge in [-0.05, 0) is 38.5 Å². The molecule has 0 atom stereocenters. The second kappa shape index (κ2) is 15.7. The molecule has 20 heavy (non-hydrogen) atoms. The zero-order valence-electron chi connectivity index (χ0n) is 12.9. The molecule has 0 aliphatic carbocycles. The highest BCUT2D eigenvalue weighted by Crippen LogP contribution is 2.06. The van der Waals surface area contributed by atoms with Crippen molar-refractivity contribution in [2.24, 2.45) is 0 Å². The van der Waals surface area contributed by atoms with E-state index in [1.54, 1.807) is 0 Å². The van der Waals surface area contributed by atoms with E-state index in [0.717, 1.165) is 38.5 Å². The molecule has 2 nitrogen and oxygen atoms in total. The van der Waals surface area contributed by atoms with E-state index in [1.165, 1.54) is 19.3 Å². The number of hydrogen-bond acceptors (Lipinski definition) is 1. The first-order chi connectivity index (χ1) is 9.77. The van der Waals surface area contributed by atoms with Gasteiger partial charge < -0.3 is 5.11 Å². The zero-order chi connectivity index (χ0) is 14.9. The Balaban J connectivity index is 3.27. The molecular formula is C18H30O2. The van der Waals surface area contributed by atoms with Crippen molar-refractivity contribution in [2.45, 2.75) is 71.1 Å². The Morgan fingerprint density at radius 1 is 0.800 bits per heavy atom. The molecule has 0 spiro atoms. The van der Waals surface area contributed by atoms with Crippen LogP contribution in [-0.2, 0) is 4.79 Å². The van der Waals surface area contributed by atoms with Gasteiger partial charge in [0, 0.05) is 6.42 Å². The number of carbonyl (C=O) groups is 1. The third kappa shape index (κ3) is 16.7. The maximum Gasteiger partial charge on any atom is 0.303 e. The Morgan fingerprint density at radius 3 is 1.95 bits per heavy atom. The molecule has 0 saturated carbocycles. The summed E-state index contributed by atoms with van der Waals surface area (Å²) in [5.74, 6) is -0.679. The zero-order valence-corrected chi connectivity index (χ0v) is 12.9. The first kappa shape index (κ1) is 18.7. The normalized spacial score (nSPS) is 12.1. The van der Waals surface area contributed by atoms with E-state index < -0.39 is 5.97 Å². The average Bonchev–Trinajstić information content (AvgIpc) is 2.43. The monoisotopic (exact) mass is 278 g/mol. The molecule has 0 heterocycles. The van der Waals surface area contributed by atoms with Crippen molar-refractivity contribution in [2.75, 3.05) is 0 Å². The van der Waals surface area contributed by atoms with Gasteiger partial charge in [0.2, 0.25) is 0 Å². The molecule has 0 aromatic rings. The van der Waals surface area contributed by atoms with Crippen LogP contribution in [0.4, 0.5) is 0 Å². The summed E-state index contributed by atoms with van der Waals surface area (Å²) in [4.78, 5) is 10.3. The molecule has 0 aromatic carbocycles. The molecule has 0 radical (unpaired) electrons. The lowest BCUT2D eigenvalue weighted by Gasteiger charge is -1.96. The Bertz CT molecular complexity index is 301. The lowest BCUT2D eigenvalue weighted by Crippen LogP contribution is -1.93. The quantitative estimate of drug-likeness (QED) is 0.348. The van der Waals surface area contributed by atoms with Crippen LogP contribution in [0.5, 0.6) is 0 Å². The van der Waals surface area contributed by atoms with Gasteiger partial charge >= 0.3 is 5.97 Å². The van der Waals surface area contributed by atoms with Crippen molar-refractivity contribution >= 4 is 5.97 Å². The molecule has 0 unspecified atom stereocenters. The van der Waals surface area contributed by atoms with E-state index >= 15 is 0 Å². The van der Waals surface area contributed by atoms with Gasteiger partial charge in [-0.1, -0.05) is 62.6 Å². The number of rotatable bonds is 13. The summed E-state index contributed by atoms with van der Waals surface area (Å²) >= 11 is 0. The van der Waals surface area contributed by atoms with E-state index in [4.69, 9.17) is 5.11 Å². The minimum atomic E-state index is -0.679. The first-order valence-corrected chi connectivity index (χ1v) is 7.94. The van der Waals surface area contributed by atoms with Crippen molar-refractivity contribution in [3.8, 4) is 0 Å². The topological polar surface area (TPSA) is 37.3 Å². The maximum absolute atomic E-state index is 10.3. The number of unbranched alkanes of at least 4 members (excludes halogenated alkanes) is 5. The van der Waals surface area contributed by atoms with Crippen molar-refractivity contribution in [1.82, 2.24) is 0 Å². The van der Waals surface area contributed by atoms with Gasteiger partial charge in [0.05, 0.1) is 0 Å². The molecule has 0 aromatic heterocycles. The summed E-state index contributed by atoms with van der Waals surface area (Å²) in [5, 5.41) is 8.50. The third-order valence-electron chi connectivity index (χ3n) is 3.01. The fourth-order valence-electron chi connectivity index (χ4n) is 1.84. The fraction of sp³-hybridized carbons (Fsp3) is 0.611. The summed E-state index contributed by atoms with van der Waals surface area (Å²) in [5.41, 5.74) is 0. The minimum absolute atomic E-state index is 0.313. The highest BCUT2D eigenvalue weighted by molar-refractivity contribution is 5.66. The van der Waals surface area contributed by atoms with E-state index in [0.29, 0.717) is 6.42 Å². The second-order valence-electron chi connectivity index (χ2n) is 5.02. The summed E-state index contributed by atoms with van der Waals surface area (Å²) in [7, 11) is 0. The Morgan fingerprint density at radius 2 is 1.35 bits per heavy atom. The standard InChI is InChI=1S/C18H30O2/c1-2-3-4-5-6-7-8-9-10-11-12-13-14-15-16-17-18(19)20/h4-5,7-8,10-11H,2-3,6,9,12-17H2,1H3,(H,19,20)/b5-4-,8-7-,11-10-. The van der Waals surface area contributed by atoms with E-state index in [1.807, 2.05) is 0 Å². The summed E-state index contributed by atoms with van der Waals surface area (Å²) < 4.78 is 0. The molecule has 0 saturated heterocycles. The summed E-state index contributed by atoms with van der Waals surface area (Å²) in [6, 6.07) is 0. The maximum atomic E-state index is 10.3. The summed E-state index contributed by atoms with van der Waals surface area (Å²) in [6.07, 6.45) is 23.3.